The third-order valence-corrected chi connectivity index (χ3v) is 2.80. The number of carbonyl (C=O) groups excluding carboxylic acids is 1. The molecule has 21 heavy (non-hydrogen) atoms. The molecular weight excluding hydrogens is 276 g/mol. The molecule has 0 radical (unpaired) electrons. The number of aromatic nitrogens is 2. The van der Waals surface area contributed by atoms with E-state index in [0.29, 0.717) is 24.2 Å². The second-order valence-corrected chi connectivity index (χ2v) is 4.31. The van der Waals surface area contributed by atoms with E-state index in [-0.39, 0.29) is 23.9 Å². The number of benzene rings is 1. The molecule has 110 valence electrons. The first-order valence-corrected chi connectivity index (χ1v) is 6.31. The summed E-state index contributed by atoms with van der Waals surface area (Å²) in [5, 5.41) is 28.6. The highest BCUT2D eigenvalue weighted by Gasteiger charge is 2.12. The number of nitro groups is 1. The number of carbonyl (C=O) groups is 1. The lowest BCUT2D eigenvalue weighted by Crippen LogP contribution is -2.25. The Morgan fingerprint density at radius 1 is 1.43 bits per heavy atom. The van der Waals surface area contributed by atoms with Crippen LogP contribution in [-0.2, 0) is 0 Å². The summed E-state index contributed by atoms with van der Waals surface area (Å²) in [6.45, 7) is 0.364. The molecule has 3 N–H and O–H groups in total. The maximum atomic E-state index is 11.8. The minimum atomic E-state index is -0.487. The topological polar surface area (TPSA) is 121 Å². The van der Waals surface area contributed by atoms with Gasteiger partial charge in [0.2, 0.25) is 0 Å². The Hall–Kier alpha value is -2.74. The molecule has 0 atom stereocenters. The lowest BCUT2D eigenvalue weighted by Gasteiger charge is -2.00. The second-order valence-electron chi connectivity index (χ2n) is 4.31. The summed E-state index contributed by atoms with van der Waals surface area (Å²) < 4.78 is 0. The van der Waals surface area contributed by atoms with Crippen molar-refractivity contribution in [3.05, 3.63) is 46.1 Å². The van der Waals surface area contributed by atoms with E-state index in [1.54, 1.807) is 12.1 Å². The summed E-state index contributed by atoms with van der Waals surface area (Å²) >= 11 is 0. The zero-order chi connectivity index (χ0) is 15.2. The number of nitrogens with one attached hydrogen (secondary N) is 2. The number of H-pyrrole nitrogens is 1. The number of non-ortho nitro benzene ring substituents is 1. The zero-order valence-corrected chi connectivity index (χ0v) is 11.1. The van der Waals surface area contributed by atoms with Crippen molar-refractivity contribution >= 4 is 11.6 Å². The molecule has 0 spiro atoms. The first-order chi connectivity index (χ1) is 10.1. The molecule has 1 heterocycles. The van der Waals surface area contributed by atoms with E-state index in [0.717, 1.165) is 0 Å². The quantitative estimate of drug-likeness (QED) is 0.418. The number of hydrogen-bond acceptors (Lipinski definition) is 5. The van der Waals surface area contributed by atoms with Gasteiger partial charge in [0, 0.05) is 30.8 Å². The molecule has 0 aliphatic heterocycles. The molecule has 1 aromatic carbocycles. The first-order valence-electron chi connectivity index (χ1n) is 6.31. The van der Waals surface area contributed by atoms with Gasteiger partial charge >= 0.3 is 0 Å². The standard InChI is InChI=1S/C13H14N4O4/c18-6-2-5-14-13(19)12-8-11(15-16-12)9-3-1-4-10(7-9)17(20)21/h1,3-4,7-8,18H,2,5-6H2,(H,14,19)(H,15,16). The minimum Gasteiger partial charge on any atom is -0.396 e. The molecular formula is C13H14N4O4. The molecule has 8 heteroatoms. The largest absolute Gasteiger partial charge is 0.396 e. The molecule has 2 aromatic rings. The van der Waals surface area contributed by atoms with Crippen LogP contribution in [0.5, 0.6) is 0 Å². The van der Waals surface area contributed by atoms with E-state index in [2.05, 4.69) is 15.5 Å². The number of aliphatic hydroxyl groups is 1. The fourth-order valence-electron chi connectivity index (χ4n) is 1.74. The number of nitrogens with zero attached hydrogens (tertiary/aromatic N) is 2. The molecule has 2 rings (SSSR count). The van der Waals surface area contributed by atoms with Gasteiger partial charge in [0.25, 0.3) is 11.6 Å². The van der Waals surface area contributed by atoms with Crippen molar-refractivity contribution < 1.29 is 14.8 Å². The number of aliphatic hydroxyl groups excluding tert-OH is 1. The molecule has 0 unspecified atom stereocenters. The van der Waals surface area contributed by atoms with E-state index in [1.807, 2.05) is 0 Å². The van der Waals surface area contributed by atoms with Crippen LogP contribution in [0.25, 0.3) is 11.3 Å². The predicted octanol–water partition coefficient (Wildman–Crippen LogP) is 1.10. The maximum absolute atomic E-state index is 11.8. The summed E-state index contributed by atoms with van der Waals surface area (Å²) in [4.78, 5) is 22.0. The first kappa shape index (κ1) is 14.7. The molecule has 1 amide bonds. The van der Waals surface area contributed by atoms with Gasteiger partial charge in [-0.1, -0.05) is 12.1 Å². The Morgan fingerprint density at radius 2 is 2.24 bits per heavy atom. The molecule has 0 aliphatic carbocycles. The van der Waals surface area contributed by atoms with Gasteiger partial charge in [0.05, 0.1) is 10.6 Å². The van der Waals surface area contributed by atoms with Crippen LogP contribution in [0.1, 0.15) is 16.9 Å². The van der Waals surface area contributed by atoms with E-state index in [9.17, 15) is 14.9 Å². The van der Waals surface area contributed by atoms with Crippen molar-refractivity contribution in [1.82, 2.24) is 15.5 Å². The average molecular weight is 290 g/mol. The molecule has 0 saturated heterocycles. The Bertz CT molecular complexity index is 653. The highest BCUT2D eigenvalue weighted by atomic mass is 16.6. The van der Waals surface area contributed by atoms with Gasteiger partial charge < -0.3 is 10.4 Å². The van der Waals surface area contributed by atoms with E-state index in [1.165, 1.54) is 18.2 Å². The normalized spacial score (nSPS) is 10.3. The van der Waals surface area contributed by atoms with Gasteiger partial charge in [-0.25, -0.2) is 0 Å². The van der Waals surface area contributed by atoms with Gasteiger partial charge in [0.15, 0.2) is 0 Å². The van der Waals surface area contributed by atoms with Gasteiger partial charge in [0.1, 0.15) is 5.69 Å². The fourth-order valence-corrected chi connectivity index (χ4v) is 1.74. The van der Waals surface area contributed by atoms with Crippen molar-refractivity contribution in [2.24, 2.45) is 0 Å². The Balaban J connectivity index is 2.14. The Kier molecular flexibility index (Phi) is 4.62. The smallest absolute Gasteiger partial charge is 0.270 e. The van der Waals surface area contributed by atoms with Crippen LogP contribution in [0.4, 0.5) is 5.69 Å². The lowest BCUT2D eigenvalue weighted by atomic mass is 10.1. The number of nitro benzene ring substituents is 1. The van der Waals surface area contributed by atoms with Crippen molar-refractivity contribution in [3.63, 3.8) is 0 Å². The van der Waals surface area contributed by atoms with Crippen LogP contribution < -0.4 is 5.32 Å². The minimum absolute atomic E-state index is 0.00217. The van der Waals surface area contributed by atoms with Crippen molar-refractivity contribution in [2.45, 2.75) is 6.42 Å². The predicted molar refractivity (Wildman–Crippen MR) is 74.7 cm³/mol. The van der Waals surface area contributed by atoms with Crippen LogP contribution in [0.2, 0.25) is 0 Å². The second kappa shape index (κ2) is 6.62. The van der Waals surface area contributed by atoms with Crippen LogP contribution in [-0.4, -0.2) is 39.3 Å². The maximum Gasteiger partial charge on any atom is 0.270 e. The number of aromatic amines is 1. The molecule has 1 aromatic heterocycles. The monoisotopic (exact) mass is 290 g/mol. The summed E-state index contributed by atoms with van der Waals surface area (Å²) in [6, 6.07) is 7.54. The number of amides is 1. The molecule has 0 fully saturated rings. The summed E-state index contributed by atoms with van der Waals surface area (Å²) in [6.07, 6.45) is 0.470. The molecule has 0 aliphatic rings. The summed E-state index contributed by atoms with van der Waals surface area (Å²) in [5.41, 5.74) is 1.22. The van der Waals surface area contributed by atoms with Crippen molar-refractivity contribution in [3.8, 4) is 11.3 Å². The lowest BCUT2D eigenvalue weighted by molar-refractivity contribution is -0.384. The molecule has 0 bridgehead atoms. The van der Waals surface area contributed by atoms with Crippen LogP contribution in [0.3, 0.4) is 0 Å². The average Bonchev–Trinajstić information content (AvgIpc) is 2.97. The van der Waals surface area contributed by atoms with Gasteiger partial charge in [-0.05, 0) is 12.5 Å². The summed E-state index contributed by atoms with van der Waals surface area (Å²) in [7, 11) is 0. The fraction of sp³-hybridized carbons (Fsp3) is 0.231. The number of hydrogen-bond donors (Lipinski definition) is 3. The van der Waals surface area contributed by atoms with Gasteiger partial charge in [-0.3, -0.25) is 20.0 Å². The SMILES string of the molecule is O=C(NCCCO)c1cc(-c2cccc([N+](=O)[O-])c2)n[nH]1. The highest BCUT2D eigenvalue weighted by molar-refractivity contribution is 5.93. The molecule has 8 nitrogen and oxygen atoms in total. The van der Waals surface area contributed by atoms with Crippen LogP contribution in [0, 0.1) is 10.1 Å². The van der Waals surface area contributed by atoms with E-state index >= 15 is 0 Å². The van der Waals surface area contributed by atoms with Crippen LogP contribution >= 0.6 is 0 Å². The van der Waals surface area contributed by atoms with E-state index in [4.69, 9.17) is 5.11 Å². The highest BCUT2D eigenvalue weighted by Crippen LogP contribution is 2.22. The number of rotatable bonds is 6. The van der Waals surface area contributed by atoms with Gasteiger partial charge in [-0.2, -0.15) is 5.10 Å². The third kappa shape index (κ3) is 3.63. The van der Waals surface area contributed by atoms with E-state index < -0.39 is 4.92 Å². The van der Waals surface area contributed by atoms with Crippen molar-refractivity contribution in [2.75, 3.05) is 13.2 Å². The Labute approximate surface area is 120 Å². The van der Waals surface area contributed by atoms with Crippen molar-refractivity contribution in [1.29, 1.82) is 0 Å². The van der Waals surface area contributed by atoms with Gasteiger partial charge in [-0.15, -0.1) is 0 Å². The summed E-state index contributed by atoms with van der Waals surface area (Å²) in [5.74, 6) is -0.340. The zero-order valence-electron chi connectivity index (χ0n) is 11.1. The third-order valence-electron chi connectivity index (χ3n) is 2.80. The van der Waals surface area contributed by atoms with Crippen LogP contribution in [0.15, 0.2) is 30.3 Å². The Morgan fingerprint density at radius 3 is 2.95 bits per heavy atom. The molecule has 0 saturated carbocycles.